The molecule has 1 saturated heterocycles. The summed E-state index contributed by atoms with van der Waals surface area (Å²) >= 11 is 0. The van der Waals surface area contributed by atoms with Gasteiger partial charge >= 0.3 is 0 Å². The third kappa shape index (κ3) is 3.26. The molecule has 3 N–H and O–H groups in total. The molecule has 10 heteroatoms. The van der Waals surface area contributed by atoms with Gasteiger partial charge in [-0.15, -0.1) is 0 Å². The first-order valence-corrected chi connectivity index (χ1v) is 12.9. The highest BCUT2D eigenvalue weighted by Gasteiger charge is 2.56. The van der Waals surface area contributed by atoms with Crippen molar-refractivity contribution in [1.29, 1.82) is 5.26 Å². The number of hydrogen-bond acceptors (Lipinski definition) is 10. The van der Waals surface area contributed by atoms with Gasteiger partial charge in [0.15, 0.2) is 29.8 Å². The third-order valence-electron chi connectivity index (χ3n) is 8.82. The number of aromatic hydroxyl groups is 1. The third-order valence-corrected chi connectivity index (χ3v) is 8.82. The second-order valence-corrected chi connectivity index (χ2v) is 10.5. The maximum Gasteiger partial charge on any atom is 0.231 e. The number of nitrogens with zero attached hydrogens (tertiary/aromatic N) is 3. The molecule has 38 heavy (non-hydrogen) atoms. The van der Waals surface area contributed by atoms with Gasteiger partial charge in [-0.05, 0) is 44.9 Å². The zero-order chi connectivity index (χ0) is 26.9. The van der Waals surface area contributed by atoms with Gasteiger partial charge in [0.05, 0.1) is 25.3 Å². The van der Waals surface area contributed by atoms with E-state index >= 15 is 0 Å². The van der Waals surface area contributed by atoms with Crippen molar-refractivity contribution in [1.82, 2.24) is 9.80 Å². The summed E-state index contributed by atoms with van der Waals surface area (Å²) in [6.07, 6.45) is 1.19. The Hall–Kier alpha value is -3.23. The predicted molar refractivity (Wildman–Crippen MR) is 138 cm³/mol. The lowest BCUT2D eigenvalue weighted by Crippen LogP contribution is -2.68. The normalized spacial score (nSPS) is 27.2. The van der Waals surface area contributed by atoms with Gasteiger partial charge in [0.2, 0.25) is 6.79 Å². The SMILES string of the molecule is COCOc1c(OC)c(C)cc2c1[C@@H]1[C@@H]3Cc4c(O)c(C)c5c(c4[C@H](CN)N3[C@@H](C#N)[C@H](C2)N1C)OCO5. The summed E-state index contributed by atoms with van der Waals surface area (Å²) in [5, 5.41) is 21.9. The minimum absolute atomic E-state index is 0.0586. The zero-order valence-corrected chi connectivity index (χ0v) is 22.4. The predicted octanol–water partition coefficient (Wildman–Crippen LogP) is 2.46. The van der Waals surface area contributed by atoms with Gasteiger partial charge in [0, 0.05) is 48.0 Å². The number of likely N-dealkylation sites (N-methyl/N-ethyl adjacent to an activating group) is 1. The minimum Gasteiger partial charge on any atom is -0.507 e. The van der Waals surface area contributed by atoms with Crippen molar-refractivity contribution in [2.24, 2.45) is 5.73 Å². The van der Waals surface area contributed by atoms with E-state index in [1.807, 2.05) is 13.8 Å². The number of nitrogens with two attached hydrogens (primary N) is 1. The summed E-state index contributed by atoms with van der Waals surface area (Å²) in [4.78, 5) is 4.55. The van der Waals surface area contributed by atoms with E-state index in [9.17, 15) is 10.4 Å². The van der Waals surface area contributed by atoms with Gasteiger partial charge in [-0.1, -0.05) is 6.07 Å². The van der Waals surface area contributed by atoms with E-state index in [1.54, 1.807) is 14.2 Å². The fraction of sp³-hybridized carbons (Fsp3) is 0.536. The molecule has 0 unspecified atom stereocenters. The van der Waals surface area contributed by atoms with Crippen molar-refractivity contribution in [3.8, 4) is 34.8 Å². The van der Waals surface area contributed by atoms with Gasteiger partial charge in [-0.3, -0.25) is 9.80 Å². The Labute approximate surface area is 222 Å². The molecular formula is C28H34N4O6. The summed E-state index contributed by atoms with van der Waals surface area (Å²) in [7, 11) is 5.31. The summed E-state index contributed by atoms with van der Waals surface area (Å²) in [5.74, 6) is 2.73. The van der Waals surface area contributed by atoms with Crippen LogP contribution in [0.4, 0.5) is 0 Å². The number of hydrogen-bond donors (Lipinski definition) is 2. The van der Waals surface area contributed by atoms with Crippen LogP contribution in [-0.2, 0) is 17.6 Å². The Morgan fingerprint density at radius 2 is 1.89 bits per heavy atom. The molecular weight excluding hydrogens is 488 g/mol. The highest BCUT2D eigenvalue weighted by Crippen LogP contribution is 2.58. The quantitative estimate of drug-likeness (QED) is 0.566. The number of phenolic OH excluding ortho intramolecular Hbond substituents is 1. The Kier molecular flexibility index (Phi) is 6.07. The number of nitriles is 1. The number of benzene rings is 2. The van der Waals surface area contributed by atoms with Crippen molar-refractivity contribution in [2.75, 3.05) is 41.4 Å². The molecule has 202 valence electrons. The van der Waals surface area contributed by atoms with Crippen LogP contribution < -0.4 is 24.7 Å². The summed E-state index contributed by atoms with van der Waals surface area (Å²) in [6.45, 7) is 4.29. The smallest absolute Gasteiger partial charge is 0.231 e. The molecule has 0 amide bonds. The standard InChI is InChI=1S/C28H34N4O6/c1-13-6-15-7-17-19(9-29)32-18(23(31(17)3)21(15)27(25(13)35-5)36-11-34-4)8-16-22(20(32)10-30)28-26(37-12-38-28)14(2)24(16)33/h6,17-20,23,33H,7-8,10-12,30H2,1-5H3/t17-,18-,19-,20-,23-/m0/s1. The monoisotopic (exact) mass is 522 g/mol. The first-order chi connectivity index (χ1) is 18.4. The summed E-state index contributed by atoms with van der Waals surface area (Å²) in [6, 6.07) is 3.67. The van der Waals surface area contributed by atoms with E-state index in [1.165, 1.54) is 0 Å². The van der Waals surface area contributed by atoms with E-state index in [2.05, 4.69) is 29.0 Å². The molecule has 4 aliphatic rings. The van der Waals surface area contributed by atoms with Crippen LogP contribution in [0, 0.1) is 25.2 Å². The van der Waals surface area contributed by atoms with E-state index < -0.39 is 6.04 Å². The molecule has 5 atom stereocenters. The summed E-state index contributed by atoms with van der Waals surface area (Å²) in [5.41, 5.74) is 11.9. The van der Waals surface area contributed by atoms with Gasteiger partial charge in [0.25, 0.3) is 0 Å². The number of piperazine rings is 1. The van der Waals surface area contributed by atoms with Gasteiger partial charge < -0.3 is 34.5 Å². The molecule has 0 aromatic heterocycles. The molecule has 0 spiro atoms. The Morgan fingerprint density at radius 1 is 1.13 bits per heavy atom. The Bertz CT molecular complexity index is 1340. The van der Waals surface area contributed by atoms with Crippen LogP contribution >= 0.6 is 0 Å². The molecule has 0 radical (unpaired) electrons. The molecule has 0 saturated carbocycles. The zero-order valence-electron chi connectivity index (χ0n) is 22.4. The first-order valence-electron chi connectivity index (χ1n) is 12.9. The molecule has 0 aliphatic carbocycles. The van der Waals surface area contributed by atoms with Crippen LogP contribution in [0.15, 0.2) is 6.07 Å². The number of phenols is 1. The molecule has 6 rings (SSSR count). The van der Waals surface area contributed by atoms with Crippen LogP contribution in [0.5, 0.6) is 28.7 Å². The lowest BCUT2D eigenvalue weighted by molar-refractivity contribution is -0.0719. The average Bonchev–Trinajstić information content (AvgIpc) is 3.40. The largest absolute Gasteiger partial charge is 0.507 e. The number of fused-ring (bicyclic) bond motifs is 9. The van der Waals surface area contributed by atoms with E-state index in [0.717, 1.165) is 27.8 Å². The van der Waals surface area contributed by atoms with Crippen LogP contribution in [0.1, 0.15) is 45.5 Å². The Morgan fingerprint density at radius 3 is 2.58 bits per heavy atom. The first kappa shape index (κ1) is 25.1. The van der Waals surface area contributed by atoms with Gasteiger partial charge in [-0.2, -0.15) is 5.26 Å². The van der Waals surface area contributed by atoms with Crippen molar-refractivity contribution in [3.05, 3.63) is 39.4 Å². The maximum absolute atomic E-state index is 11.4. The highest BCUT2D eigenvalue weighted by molar-refractivity contribution is 5.66. The van der Waals surface area contributed by atoms with E-state index in [-0.39, 0.29) is 50.0 Å². The van der Waals surface area contributed by atoms with E-state index in [0.29, 0.717) is 41.4 Å². The van der Waals surface area contributed by atoms with Crippen LogP contribution in [0.2, 0.25) is 0 Å². The molecule has 10 nitrogen and oxygen atoms in total. The van der Waals surface area contributed by atoms with Gasteiger partial charge in [0.1, 0.15) is 11.8 Å². The van der Waals surface area contributed by atoms with Crippen LogP contribution in [0.3, 0.4) is 0 Å². The molecule has 2 aromatic carbocycles. The second kappa shape index (κ2) is 9.20. The minimum atomic E-state index is -0.414. The second-order valence-electron chi connectivity index (χ2n) is 10.5. The van der Waals surface area contributed by atoms with Crippen molar-refractivity contribution in [2.45, 2.75) is 56.9 Å². The number of rotatable bonds is 5. The fourth-order valence-corrected chi connectivity index (χ4v) is 7.31. The van der Waals surface area contributed by atoms with Crippen LogP contribution in [-0.4, -0.2) is 74.4 Å². The van der Waals surface area contributed by atoms with Crippen LogP contribution in [0.25, 0.3) is 0 Å². The van der Waals surface area contributed by atoms with Crippen molar-refractivity contribution < 1.29 is 28.8 Å². The van der Waals surface area contributed by atoms with E-state index in [4.69, 9.17) is 29.4 Å². The average molecular weight is 523 g/mol. The molecule has 1 fully saturated rings. The molecule has 2 bridgehead atoms. The lowest BCUT2D eigenvalue weighted by Gasteiger charge is -2.60. The van der Waals surface area contributed by atoms with Gasteiger partial charge in [-0.25, -0.2) is 0 Å². The van der Waals surface area contributed by atoms with Crippen molar-refractivity contribution in [3.63, 3.8) is 0 Å². The summed E-state index contributed by atoms with van der Waals surface area (Å²) < 4.78 is 28.9. The number of methoxy groups -OCH3 is 2. The maximum atomic E-state index is 11.4. The fourth-order valence-electron chi connectivity index (χ4n) is 7.31. The molecule has 2 aromatic rings. The topological polar surface area (TPSA) is 123 Å². The lowest BCUT2D eigenvalue weighted by atomic mass is 9.71. The number of aryl methyl sites for hydroxylation is 1. The molecule has 4 heterocycles. The molecule has 4 aliphatic heterocycles. The highest BCUT2D eigenvalue weighted by atomic mass is 16.7. The number of ether oxygens (including phenoxy) is 5. The van der Waals surface area contributed by atoms with Crippen molar-refractivity contribution >= 4 is 0 Å². The Balaban J connectivity index is 1.60.